The molecule has 10 heteroatoms. The molecule has 0 radical (unpaired) electrons. The summed E-state index contributed by atoms with van der Waals surface area (Å²) in [5.41, 5.74) is 0. The van der Waals surface area contributed by atoms with E-state index >= 15 is 0 Å². The highest BCUT2D eigenvalue weighted by atomic mass is 32.2. The summed E-state index contributed by atoms with van der Waals surface area (Å²) in [6.45, 7) is 1.64. The standard InChI is InChI=1S/C16H22N6O3S/c1-21-16(18-19-20-21)26-10-6-14(23)22-7-4-12(5-8-22)15(24)17-11-13-3-2-9-25-13/h2-3,9,12H,4-8,10-11H2,1H3,(H,17,24). The highest BCUT2D eigenvalue weighted by Crippen LogP contribution is 2.20. The van der Waals surface area contributed by atoms with Crippen molar-refractivity contribution < 1.29 is 14.0 Å². The Hall–Kier alpha value is -2.36. The first kappa shape index (κ1) is 18.4. The number of furan rings is 1. The number of hydrogen-bond acceptors (Lipinski definition) is 7. The number of likely N-dealkylation sites (tertiary alicyclic amines) is 1. The summed E-state index contributed by atoms with van der Waals surface area (Å²) in [5.74, 6) is 1.46. The molecule has 2 aromatic rings. The summed E-state index contributed by atoms with van der Waals surface area (Å²) in [7, 11) is 1.77. The Balaban J connectivity index is 1.35. The van der Waals surface area contributed by atoms with Gasteiger partial charge in [-0.15, -0.1) is 5.10 Å². The molecule has 26 heavy (non-hydrogen) atoms. The number of thioether (sulfide) groups is 1. The summed E-state index contributed by atoms with van der Waals surface area (Å²) in [6, 6.07) is 3.63. The first-order chi connectivity index (χ1) is 12.6. The monoisotopic (exact) mass is 378 g/mol. The van der Waals surface area contributed by atoms with Crippen molar-refractivity contribution in [3.8, 4) is 0 Å². The molecule has 9 nitrogen and oxygen atoms in total. The largest absolute Gasteiger partial charge is 0.467 e. The lowest BCUT2D eigenvalue weighted by molar-refractivity contribution is -0.135. The number of carbonyl (C=O) groups is 2. The van der Waals surface area contributed by atoms with Crippen LogP contribution in [0.5, 0.6) is 0 Å². The van der Waals surface area contributed by atoms with Gasteiger partial charge in [0, 0.05) is 38.2 Å². The molecular weight excluding hydrogens is 356 g/mol. The van der Waals surface area contributed by atoms with Gasteiger partial charge in [0.05, 0.1) is 12.8 Å². The van der Waals surface area contributed by atoms with Crippen LogP contribution in [0.1, 0.15) is 25.0 Å². The van der Waals surface area contributed by atoms with E-state index in [2.05, 4.69) is 20.8 Å². The Labute approximate surface area is 155 Å². The van der Waals surface area contributed by atoms with Crippen LogP contribution in [0.2, 0.25) is 0 Å². The molecule has 0 saturated carbocycles. The number of nitrogens with one attached hydrogen (secondary N) is 1. The summed E-state index contributed by atoms with van der Waals surface area (Å²) < 4.78 is 6.79. The number of hydrogen-bond donors (Lipinski definition) is 1. The van der Waals surface area contributed by atoms with Gasteiger partial charge >= 0.3 is 0 Å². The number of nitrogens with zero attached hydrogens (tertiary/aromatic N) is 5. The molecule has 0 bridgehead atoms. The van der Waals surface area contributed by atoms with Gasteiger partial charge in [-0.3, -0.25) is 9.59 Å². The van der Waals surface area contributed by atoms with Crippen LogP contribution in [-0.4, -0.2) is 55.8 Å². The fourth-order valence-electron chi connectivity index (χ4n) is 2.85. The van der Waals surface area contributed by atoms with Crippen molar-refractivity contribution in [3.63, 3.8) is 0 Å². The molecule has 0 aliphatic carbocycles. The number of aryl methyl sites for hydroxylation is 1. The van der Waals surface area contributed by atoms with E-state index < -0.39 is 0 Å². The van der Waals surface area contributed by atoms with E-state index in [9.17, 15) is 9.59 Å². The lowest BCUT2D eigenvalue weighted by atomic mass is 9.95. The number of amides is 2. The van der Waals surface area contributed by atoms with Gasteiger partial charge in [-0.05, 0) is 35.4 Å². The van der Waals surface area contributed by atoms with E-state index in [1.54, 1.807) is 24.1 Å². The second kappa shape index (κ2) is 8.84. The highest BCUT2D eigenvalue weighted by molar-refractivity contribution is 7.99. The van der Waals surface area contributed by atoms with E-state index in [0.29, 0.717) is 49.8 Å². The topological polar surface area (TPSA) is 106 Å². The summed E-state index contributed by atoms with van der Waals surface area (Å²) in [5, 5.41) is 14.8. The van der Waals surface area contributed by atoms with Crippen molar-refractivity contribution >= 4 is 23.6 Å². The Morgan fingerprint density at radius 3 is 2.85 bits per heavy atom. The minimum absolute atomic E-state index is 0.0267. The van der Waals surface area contributed by atoms with Gasteiger partial charge < -0.3 is 14.6 Å². The molecule has 1 aliphatic heterocycles. The van der Waals surface area contributed by atoms with Gasteiger partial charge in [0.2, 0.25) is 17.0 Å². The molecule has 0 atom stereocenters. The number of tetrazole rings is 1. The smallest absolute Gasteiger partial charge is 0.223 e. The summed E-state index contributed by atoms with van der Waals surface area (Å²) in [4.78, 5) is 26.4. The van der Waals surface area contributed by atoms with Crippen molar-refractivity contribution in [3.05, 3.63) is 24.2 Å². The molecule has 0 unspecified atom stereocenters. The molecule has 3 heterocycles. The van der Waals surface area contributed by atoms with Crippen molar-refractivity contribution in [2.24, 2.45) is 13.0 Å². The Morgan fingerprint density at radius 1 is 1.38 bits per heavy atom. The van der Waals surface area contributed by atoms with Gasteiger partial charge in [0.1, 0.15) is 5.76 Å². The average molecular weight is 378 g/mol. The predicted octanol–water partition coefficient (Wildman–Crippen LogP) is 0.840. The lowest BCUT2D eigenvalue weighted by Gasteiger charge is -2.31. The molecule has 140 valence electrons. The quantitative estimate of drug-likeness (QED) is 0.712. The minimum Gasteiger partial charge on any atom is -0.467 e. The maximum absolute atomic E-state index is 12.3. The van der Waals surface area contributed by atoms with Crippen LogP contribution in [0.15, 0.2) is 28.0 Å². The predicted molar refractivity (Wildman–Crippen MR) is 94.0 cm³/mol. The number of piperidine rings is 1. The number of aromatic nitrogens is 4. The van der Waals surface area contributed by atoms with E-state index in [0.717, 1.165) is 5.76 Å². The third-order valence-corrected chi connectivity index (χ3v) is 5.38. The minimum atomic E-state index is -0.0481. The van der Waals surface area contributed by atoms with E-state index in [1.165, 1.54) is 11.8 Å². The zero-order chi connectivity index (χ0) is 18.4. The van der Waals surface area contributed by atoms with Gasteiger partial charge in [-0.2, -0.15) is 0 Å². The van der Waals surface area contributed by atoms with E-state index in [-0.39, 0.29) is 17.7 Å². The molecule has 0 aromatic carbocycles. The molecule has 2 amide bonds. The molecular formula is C16H22N6O3S. The number of carbonyl (C=O) groups excluding carboxylic acids is 2. The molecule has 3 rings (SSSR count). The van der Waals surface area contributed by atoms with Crippen molar-refractivity contribution in [2.45, 2.75) is 31.0 Å². The summed E-state index contributed by atoms with van der Waals surface area (Å²) >= 11 is 1.46. The molecule has 0 spiro atoms. The lowest BCUT2D eigenvalue weighted by Crippen LogP contribution is -2.43. The maximum atomic E-state index is 12.3. The van der Waals surface area contributed by atoms with E-state index in [4.69, 9.17) is 4.42 Å². The Bertz CT molecular complexity index is 724. The highest BCUT2D eigenvalue weighted by Gasteiger charge is 2.27. The average Bonchev–Trinajstić information content (AvgIpc) is 3.32. The fraction of sp³-hybridized carbons (Fsp3) is 0.562. The molecule has 1 saturated heterocycles. The second-order valence-corrected chi connectivity index (χ2v) is 7.20. The van der Waals surface area contributed by atoms with Crippen LogP contribution < -0.4 is 5.32 Å². The Kier molecular flexibility index (Phi) is 6.26. The third kappa shape index (κ3) is 4.84. The van der Waals surface area contributed by atoms with Gasteiger partial charge in [-0.25, -0.2) is 4.68 Å². The first-order valence-corrected chi connectivity index (χ1v) is 9.55. The zero-order valence-electron chi connectivity index (χ0n) is 14.6. The van der Waals surface area contributed by atoms with Crippen LogP contribution in [-0.2, 0) is 23.2 Å². The van der Waals surface area contributed by atoms with Crippen molar-refractivity contribution in [1.82, 2.24) is 30.4 Å². The summed E-state index contributed by atoms with van der Waals surface area (Å²) in [6.07, 6.45) is 3.41. The first-order valence-electron chi connectivity index (χ1n) is 8.56. The van der Waals surface area contributed by atoms with Crippen LogP contribution >= 0.6 is 11.8 Å². The van der Waals surface area contributed by atoms with Crippen molar-refractivity contribution in [2.75, 3.05) is 18.8 Å². The fourth-order valence-corrected chi connectivity index (χ4v) is 3.63. The molecule has 2 aromatic heterocycles. The SMILES string of the molecule is Cn1nnnc1SCCC(=O)N1CCC(C(=O)NCc2ccco2)CC1. The van der Waals surface area contributed by atoms with Crippen molar-refractivity contribution in [1.29, 1.82) is 0 Å². The zero-order valence-corrected chi connectivity index (χ0v) is 15.4. The van der Waals surface area contributed by atoms with Gasteiger partial charge in [0.15, 0.2) is 0 Å². The normalized spacial score (nSPS) is 15.2. The van der Waals surface area contributed by atoms with Gasteiger partial charge in [0.25, 0.3) is 0 Å². The molecule has 1 N–H and O–H groups in total. The number of rotatable bonds is 7. The second-order valence-electron chi connectivity index (χ2n) is 6.14. The molecule has 1 aliphatic rings. The van der Waals surface area contributed by atoms with Crippen LogP contribution in [0.3, 0.4) is 0 Å². The third-order valence-electron chi connectivity index (χ3n) is 4.36. The van der Waals surface area contributed by atoms with Gasteiger partial charge in [-0.1, -0.05) is 11.8 Å². The van der Waals surface area contributed by atoms with Crippen LogP contribution in [0.4, 0.5) is 0 Å². The maximum Gasteiger partial charge on any atom is 0.223 e. The molecule has 1 fully saturated rings. The van der Waals surface area contributed by atoms with E-state index in [1.807, 2.05) is 11.0 Å². The Morgan fingerprint density at radius 2 is 2.19 bits per heavy atom. The van der Waals surface area contributed by atoms with Crippen LogP contribution in [0, 0.1) is 5.92 Å². The van der Waals surface area contributed by atoms with Crippen LogP contribution in [0.25, 0.3) is 0 Å².